The standard InChI is InChI=1S/C20H19F5N4O/c1-12(28-19(30)6-13-2-4-15(5-3-13)20(23,24)25)17-7-14-9-27-29(11-16(22)8-21)18(14)10-26-17/h2-5,7,9-10,12,16H,6,8,11H2,1H3,(H,28,30). The molecule has 0 fully saturated rings. The number of alkyl halides is 5. The SMILES string of the molecule is CC(NC(=O)Cc1ccc(C(F)(F)F)cc1)c1cc2cnn(CC(F)CF)c2cn1. The molecule has 2 aromatic heterocycles. The zero-order chi connectivity index (χ0) is 21.9. The zero-order valence-corrected chi connectivity index (χ0v) is 16.0. The maximum atomic E-state index is 13.3. The second-order valence-electron chi connectivity index (χ2n) is 6.91. The first-order chi connectivity index (χ1) is 14.2. The predicted molar refractivity (Wildman–Crippen MR) is 100 cm³/mol. The van der Waals surface area contributed by atoms with Gasteiger partial charge < -0.3 is 5.32 Å². The van der Waals surface area contributed by atoms with Gasteiger partial charge in [-0.05, 0) is 30.7 Å². The van der Waals surface area contributed by atoms with Crippen LogP contribution < -0.4 is 5.32 Å². The lowest BCUT2D eigenvalue weighted by Crippen LogP contribution is -2.28. The molecule has 0 saturated carbocycles. The number of benzene rings is 1. The van der Waals surface area contributed by atoms with Crippen molar-refractivity contribution >= 4 is 16.8 Å². The van der Waals surface area contributed by atoms with Gasteiger partial charge in [0.15, 0.2) is 0 Å². The maximum Gasteiger partial charge on any atom is 0.416 e. The third-order valence-corrected chi connectivity index (χ3v) is 4.55. The summed E-state index contributed by atoms with van der Waals surface area (Å²) in [7, 11) is 0. The van der Waals surface area contributed by atoms with Crippen molar-refractivity contribution in [2.45, 2.75) is 38.3 Å². The molecule has 0 saturated heterocycles. The average Bonchev–Trinajstić information content (AvgIpc) is 3.09. The quantitative estimate of drug-likeness (QED) is 0.577. The molecule has 10 heteroatoms. The highest BCUT2D eigenvalue weighted by Gasteiger charge is 2.30. The van der Waals surface area contributed by atoms with Crippen molar-refractivity contribution in [3.05, 3.63) is 59.5 Å². The van der Waals surface area contributed by atoms with Gasteiger partial charge in [-0.1, -0.05) is 12.1 Å². The molecule has 0 radical (unpaired) electrons. The molecule has 160 valence electrons. The lowest BCUT2D eigenvalue weighted by Gasteiger charge is -2.14. The van der Waals surface area contributed by atoms with Crippen LogP contribution in [0.15, 0.2) is 42.7 Å². The van der Waals surface area contributed by atoms with Gasteiger partial charge in [-0.25, -0.2) is 8.78 Å². The van der Waals surface area contributed by atoms with E-state index in [9.17, 15) is 26.7 Å². The number of hydrogen-bond acceptors (Lipinski definition) is 3. The van der Waals surface area contributed by atoms with E-state index >= 15 is 0 Å². The molecular weight excluding hydrogens is 407 g/mol. The molecule has 0 aliphatic carbocycles. The largest absolute Gasteiger partial charge is 0.416 e. The minimum Gasteiger partial charge on any atom is -0.348 e. The Hall–Kier alpha value is -3.04. The molecule has 1 aromatic carbocycles. The van der Waals surface area contributed by atoms with Gasteiger partial charge in [-0.15, -0.1) is 0 Å². The molecule has 2 atom stereocenters. The van der Waals surface area contributed by atoms with Crippen molar-refractivity contribution in [3.63, 3.8) is 0 Å². The summed E-state index contributed by atoms with van der Waals surface area (Å²) in [6, 6.07) is 5.61. The molecular formula is C20H19F5N4O. The van der Waals surface area contributed by atoms with E-state index in [1.165, 1.54) is 29.2 Å². The van der Waals surface area contributed by atoms with Crippen molar-refractivity contribution in [2.75, 3.05) is 6.67 Å². The normalized spacial score (nSPS) is 13.9. The van der Waals surface area contributed by atoms with Crippen LogP contribution in [0.3, 0.4) is 0 Å². The highest BCUT2D eigenvalue weighted by atomic mass is 19.4. The Morgan fingerprint density at radius 2 is 1.90 bits per heavy atom. The number of carbonyl (C=O) groups excluding carboxylic acids is 1. The second-order valence-corrected chi connectivity index (χ2v) is 6.91. The van der Waals surface area contributed by atoms with E-state index in [-0.39, 0.29) is 18.9 Å². The minimum absolute atomic E-state index is 0.0796. The lowest BCUT2D eigenvalue weighted by atomic mass is 10.1. The van der Waals surface area contributed by atoms with E-state index in [4.69, 9.17) is 0 Å². The molecule has 0 aliphatic heterocycles. The van der Waals surface area contributed by atoms with Gasteiger partial charge in [-0.3, -0.25) is 14.5 Å². The van der Waals surface area contributed by atoms with Gasteiger partial charge in [0.25, 0.3) is 0 Å². The topological polar surface area (TPSA) is 59.8 Å². The molecule has 0 spiro atoms. The van der Waals surface area contributed by atoms with Crippen molar-refractivity contribution in [3.8, 4) is 0 Å². The van der Waals surface area contributed by atoms with Gasteiger partial charge in [-0.2, -0.15) is 18.3 Å². The van der Waals surface area contributed by atoms with E-state index < -0.39 is 30.6 Å². The zero-order valence-electron chi connectivity index (χ0n) is 16.0. The minimum atomic E-state index is -4.43. The van der Waals surface area contributed by atoms with Crippen molar-refractivity contribution in [1.29, 1.82) is 0 Å². The van der Waals surface area contributed by atoms with Crippen molar-refractivity contribution < 1.29 is 26.7 Å². The van der Waals surface area contributed by atoms with E-state index in [0.29, 0.717) is 22.2 Å². The van der Waals surface area contributed by atoms with Crippen LogP contribution in [0.5, 0.6) is 0 Å². The molecule has 30 heavy (non-hydrogen) atoms. The Morgan fingerprint density at radius 3 is 2.53 bits per heavy atom. The molecule has 1 N–H and O–H groups in total. The Morgan fingerprint density at radius 1 is 1.20 bits per heavy atom. The highest BCUT2D eigenvalue weighted by molar-refractivity contribution is 5.80. The first-order valence-corrected chi connectivity index (χ1v) is 9.14. The third-order valence-electron chi connectivity index (χ3n) is 4.55. The van der Waals surface area contributed by atoms with Gasteiger partial charge in [0.2, 0.25) is 5.91 Å². The highest BCUT2D eigenvalue weighted by Crippen LogP contribution is 2.29. The summed E-state index contributed by atoms with van der Waals surface area (Å²) in [4.78, 5) is 16.5. The van der Waals surface area contributed by atoms with Crippen LogP contribution >= 0.6 is 0 Å². The number of pyridine rings is 1. The molecule has 0 bridgehead atoms. The smallest absolute Gasteiger partial charge is 0.348 e. The Balaban J connectivity index is 1.64. The van der Waals surface area contributed by atoms with Gasteiger partial charge in [0.1, 0.15) is 12.8 Å². The Bertz CT molecular complexity index is 1020. The van der Waals surface area contributed by atoms with Crippen LogP contribution in [-0.4, -0.2) is 33.5 Å². The molecule has 5 nitrogen and oxygen atoms in total. The maximum absolute atomic E-state index is 13.3. The summed E-state index contributed by atoms with van der Waals surface area (Å²) in [6.45, 7) is 0.388. The number of hydrogen-bond donors (Lipinski definition) is 1. The van der Waals surface area contributed by atoms with E-state index in [1.54, 1.807) is 13.0 Å². The van der Waals surface area contributed by atoms with Crippen LogP contribution in [0.2, 0.25) is 0 Å². The number of nitrogens with one attached hydrogen (secondary N) is 1. The number of fused-ring (bicyclic) bond motifs is 1. The van der Waals surface area contributed by atoms with E-state index in [1.807, 2.05) is 0 Å². The molecule has 2 heterocycles. The summed E-state index contributed by atoms with van der Waals surface area (Å²) < 4.78 is 64.8. The van der Waals surface area contributed by atoms with Crippen LogP contribution in [0.25, 0.3) is 10.9 Å². The first-order valence-electron chi connectivity index (χ1n) is 9.14. The fraction of sp³-hybridized carbons (Fsp3) is 0.350. The van der Waals surface area contributed by atoms with Gasteiger partial charge >= 0.3 is 6.18 Å². The third kappa shape index (κ3) is 5.11. The summed E-state index contributed by atoms with van der Waals surface area (Å²) in [5.41, 5.74) is 0.748. The molecule has 1 amide bonds. The van der Waals surface area contributed by atoms with E-state index in [2.05, 4.69) is 15.4 Å². The number of nitrogens with zero attached hydrogens (tertiary/aromatic N) is 3. The molecule has 3 rings (SSSR count). The molecule has 2 unspecified atom stereocenters. The first kappa shape index (κ1) is 21.7. The van der Waals surface area contributed by atoms with Crippen molar-refractivity contribution in [2.24, 2.45) is 0 Å². The Labute approximate surface area is 168 Å². The summed E-state index contributed by atoms with van der Waals surface area (Å²) >= 11 is 0. The Kier molecular flexibility index (Phi) is 6.33. The number of halogens is 5. The molecule has 3 aromatic rings. The van der Waals surface area contributed by atoms with Gasteiger partial charge in [0.05, 0.1) is 48.2 Å². The van der Waals surface area contributed by atoms with Crippen LogP contribution in [0, 0.1) is 0 Å². The number of carbonyl (C=O) groups is 1. The average molecular weight is 426 g/mol. The summed E-state index contributed by atoms with van der Waals surface area (Å²) in [6.07, 6.45) is -3.19. The summed E-state index contributed by atoms with van der Waals surface area (Å²) in [5.74, 6) is -0.372. The fourth-order valence-corrected chi connectivity index (χ4v) is 2.98. The monoisotopic (exact) mass is 426 g/mol. The second kappa shape index (κ2) is 8.76. The summed E-state index contributed by atoms with van der Waals surface area (Å²) in [5, 5.41) is 7.43. The van der Waals surface area contributed by atoms with Gasteiger partial charge in [0, 0.05) is 5.39 Å². The number of aromatic nitrogens is 3. The molecule has 0 aliphatic rings. The number of rotatable bonds is 7. The van der Waals surface area contributed by atoms with Crippen LogP contribution in [-0.2, 0) is 23.9 Å². The fourth-order valence-electron chi connectivity index (χ4n) is 2.98. The number of amides is 1. The predicted octanol–water partition coefficient (Wildman–Crippen LogP) is 4.18. The van der Waals surface area contributed by atoms with Crippen LogP contribution in [0.4, 0.5) is 22.0 Å². The lowest BCUT2D eigenvalue weighted by molar-refractivity contribution is -0.137. The van der Waals surface area contributed by atoms with Crippen molar-refractivity contribution in [1.82, 2.24) is 20.1 Å². The van der Waals surface area contributed by atoms with Crippen LogP contribution in [0.1, 0.15) is 29.8 Å². The van der Waals surface area contributed by atoms with E-state index in [0.717, 1.165) is 12.1 Å².